The lowest BCUT2D eigenvalue weighted by Crippen LogP contribution is -2.30. The molecule has 11 heteroatoms. The molecule has 1 amide bonds. The smallest absolute Gasteiger partial charge is 0.307 e. The van der Waals surface area contributed by atoms with Crippen LogP contribution in [-0.4, -0.2) is 52.9 Å². The zero-order valence-electron chi connectivity index (χ0n) is 22.9. The van der Waals surface area contributed by atoms with E-state index in [0.29, 0.717) is 48.6 Å². The lowest BCUT2D eigenvalue weighted by molar-refractivity contribution is -0.142. The number of nitrogens with zero attached hydrogens (tertiary/aromatic N) is 3. The first kappa shape index (κ1) is 29.2. The lowest BCUT2D eigenvalue weighted by Gasteiger charge is -2.23. The molecule has 1 fully saturated rings. The molecule has 5 rings (SSSR count). The second-order valence-electron chi connectivity index (χ2n) is 9.66. The quantitative estimate of drug-likeness (QED) is 0.217. The van der Waals surface area contributed by atoms with Gasteiger partial charge in [0, 0.05) is 42.2 Å². The molecule has 42 heavy (non-hydrogen) atoms. The third kappa shape index (κ3) is 6.78. The van der Waals surface area contributed by atoms with Crippen molar-refractivity contribution in [3.05, 3.63) is 101 Å². The van der Waals surface area contributed by atoms with Gasteiger partial charge in [0.2, 0.25) is 0 Å². The Bertz CT molecular complexity index is 1560. The molecule has 8 nitrogen and oxygen atoms in total. The monoisotopic (exact) mass is 594 g/mol. The zero-order valence-corrected chi connectivity index (χ0v) is 23.6. The summed E-state index contributed by atoms with van der Waals surface area (Å²) < 4.78 is 40.3. The van der Waals surface area contributed by atoms with Crippen LogP contribution in [0.2, 0.25) is 5.02 Å². The molecule has 1 aromatic heterocycles. The summed E-state index contributed by atoms with van der Waals surface area (Å²) in [6.45, 7) is 2.87. The molecule has 1 aliphatic heterocycles. The van der Waals surface area contributed by atoms with E-state index in [1.807, 2.05) is 24.3 Å². The van der Waals surface area contributed by atoms with Gasteiger partial charge in [0.1, 0.15) is 23.9 Å². The Balaban J connectivity index is 1.34. The molecule has 0 aliphatic carbocycles. The fraction of sp³-hybridized carbons (Fsp3) is 0.258. The largest absolute Gasteiger partial charge is 0.466 e. The molecular formula is C31H29ClF2N4O4. The van der Waals surface area contributed by atoms with E-state index in [4.69, 9.17) is 21.1 Å². The first-order valence-corrected chi connectivity index (χ1v) is 13.9. The first-order chi connectivity index (χ1) is 20.3. The van der Waals surface area contributed by atoms with E-state index < -0.39 is 17.9 Å². The van der Waals surface area contributed by atoms with Crippen molar-refractivity contribution < 1.29 is 27.8 Å². The highest BCUT2D eigenvalue weighted by Gasteiger charge is 2.36. The van der Waals surface area contributed by atoms with E-state index in [9.17, 15) is 18.4 Å². The van der Waals surface area contributed by atoms with Crippen molar-refractivity contribution in [3.63, 3.8) is 0 Å². The number of hydrogen-bond donors (Lipinski definition) is 1. The minimum absolute atomic E-state index is 0.0127. The van der Waals surface area contributed by atoms with Gasteiger partial charge in [-0.05, 0) is 67.4 Å². The molecule has 0 saturated carbocycles. The Labute approximate surface area is 246 Å². The van der Waals surface area contributed by atoms with Crippen molar-refractivity contribution >= 4 is 29.2 Å². The number of hydrogen-bond acceptors (Lipinski definition) is 6. The lowest BCUT2D eigenvalue weighted by atomic mass is 10.1. The maximum Gasteiger partial charge on any atom is 0.307 e. The molecule has 1 atom stereocenters. The van der Waals surface area contributed by atoms with Crippen molar-refractivity contribution in [2.75, 3.05) is 31.6 Å². The summed E-state index contributed by atoms with van der Waals surface area (Å²) in [6, 6.07) is 17.9. The molecule has 2 heterocycles. The molecule has 0 bridgehead atoms. The van der Waals surface area contributed by atoms with Crippen LogP contribution >= 0.6 is 11.6 Å². The first-order valence-electron chi connectivity index (χ1n) is 13.5. The van der Waals surface area contributed by atoms with Crippen molar-refractivity contribution in [2.45, 2.75) is 26.0 Å². The third-order valence-corrected chi connectivity index (χ3v) is 7.13. The number of carbonyl (C=O) groups excluding carboxylic acids is 2. The molecule has 0 radical (unpaired) electrons. The van der Waals surface area contributed by atoms with Gasteiger partial charge in [0.25, 0.3) is 5.91 Å². The van der Waals surface area contributed by atoms with Crippen LogP contribution in [0.3, 0.4) is 0 Å². The average molecular weight is 595 g/mol. The summed E-state index contributed by atoms with van der Waals surface area (Å²) in [6.07, 6.45) is 1.79. The van der Waals surface area contributed by atoms with Gasteiger partial charge < -0.3 is 19.7 Å². The Morgan fingerprint density at radius 2 is 1.88 bits per heavy atom. The van der Waals surface area contributed by atoms with Gasteiger partial charge in [-0.25, -0.2) is 13.5 Å². The molecule has 1 N–H and O–H groups in total. The number of benzene rings is 3. The fourth-order valence-electron chi connectivity index (χ4n) is 4.69. The highest BCUT2D eigenvalue weighted by molar-refractivity contribution is 6.30. The Kier molecular flexibility index (Phi) is 9.14. The van der Waals surface area contributed by atoms with Crippen LogP contribution in [0.4, 0.5) is 14.5 Å². The molecule has 218 valence electrons. The number of rotatable bonds is 11. The summed E-state index contributed by atoms with van der Waals surface area (Å²) in [5.74, 6) is -1.41. The topological polar surface area (TPSA) is 85.7 Å². The molecular weight excluding hydrogens is 566 g/mol. The summed E-state index contributed by atoms with van der Waals surface area (Å²) in [7, 11) is 0. The number of amides is 1. The Morgan fingerprint density at radius 1 is 1.12 bits per heavy atom. The van der Waals surface area contributed by atoms with Crippen LogP contribution in [-0.2, 0) is 25.5 Å². The average Bonchev–Trinajstić information content (AvgIpc) is 3.58. The van der Waals surface area contributed by atoms with Crippen LogP contribution in [0.15, 0.2) is 72.9 Å². The third-order valence-electron chi connectivity index (χ3n) is 6.82. The second-order valence-corrected chi connectivity index (χ2v) is 10.1. The van der Waals surface area contributed by atoms with Gasteiger partial charge in [0.15, 0.2) is 6.23 Å². The van der Waals surface area contributed by atoms with Crippen molar-refractivity contribution in [1.29, 1.82) is 0 Å². The standard InChI is InChI=1S/C31H29ClF2N4O4/c1-2-41-29(40)13-15-35-23-9-3-20(4-10-23)14-16-37-28(39)19-42-31(37)25-18-38(24-11-12-26(32)27(34)17-24)36-30(25)21-5-7-22(33)8-6-21/h3-12,17-18,31,35H,2,13-16,19H2,1H3. The van der Waals surface area contributed by atoms with E-state index >= 15 is 0 Å². The molecule has 1 aliphatic rings. The van der Waals surface area contributed by atoms with E-state index in [0.717, 1.165) is 11.3 Å². The number of nitrogens with one attached hydrogen (secondary N) is 1. The molecule has 0 spiro atoms. The fourth-order valence-corrected chi connectivity index (χ4v) is 4.81. The van der Waals surface area contributed by atoms with E-state index in [1.165, 1.54) is 28.9 Å². The summed E-state index contributed by atoms with van der Waals surface area (Å²) >= 11 is 5.87. The maximum atomic E-state index is 14.2. The summed E-state index contributed by atoms with van der Waals surface area (Å²) in [5, 5.41) is 7.84. The van der Waals surface area contributed by atoms with Crippen LogP contribution in [0, 0.1) is 11.6 Å². The zero-order chi connectivity index (χ0) is 29.6. The summed E-state index contributed by atoms with van der Waals surface area (Å²) in [5.41, 5.74) is 4.00. The van der Waals surface area contributed by atoms with Gasteiger partial charge in [-0.3, -0.25) is 9.59 Å². The number of carbonyl (C=O) groups is 2. The van der Waals surface area contributed by atoms with Crippen molar-refractivity contribution in [2.24, 2.45) is 0 Å². The van der Waals surface area contributed by atoms with Crippen molar-refractivity contribution in [3.8, 4) is 16.9 Å². The Hall–Kier alpha value is -4.28. The van der Waals surface area contributed by atoms with E-state index in [2.05, 4.69) is 10.4 Å². The minimum atomic E-state index is -0.743. The normalized spacial score (nSPS) is 14.8. The van der Waals surface area contributed by atoms with Gasteiger partial charge in [0.05, 0.1) is 23.7 Å². The van der Waals surface area contributed by atoms with Crippen LogP contribution < -0.4 is 5.32 Å². The van der Waals surface area contributed by atoms with Crippen LogP contribution in [0.1, 0.15) is 30.7 Å². The highest BCUT2D eigenvalue weighted by atomic mass is 35.5. The van der Waals surface area contributed by atoms with Gasteiger partial charge in [-0.1, -0.05) is 23.7 Å². The molecule has 3 aromatic carbocycles. The predicted octanol–water partition coefficient (Wildman–Crippen LogP) is 5.94. The van der Waals surface area contributed by atoms with E-state index in [-0.39, 0.29) is 29.9 Å². The SMILES string of the molecule is CCOC(=O)CCNc1ccc(CCN2C(=O)COC2c2cn(-c3ccc(Cl)c(F)c3)nc2-c2ccc(F)cc2)cc1. The van der Waals surface area contributed by atoms with Crippen molar-refractivity contribution in [1.82, 2.24) is 14.7 Å². The van der Waals surface area contributed by atoms with Crippen LogP contribution in [0.5, 0.6) is 0 Å². The number of esters is 1. The predicted molar refractivity (Wildman–Crippen MR) is 154 cm³/mol. The van der Waals surface area contributed by atoms with Crippen LogP contribution in [0.25, 0.3) is 16.9 Å². The maximum absolute atomic E-state index is 14.2. The highest BCUT2D eigenvalue weighted by Crippen LogP contribution is 2.35. The number of aromatic nitrogens is 2. The molecule has 1 unspecified atom stereocenters. The second kappa shape index (κ2) is 13.1. The van der Waals surface area contributed by atoms with Gasteiger partial charge >= 0.3 is 5.97 Å². The van der Waals surface area contributed by atoms with Gasteiger partial charge in [-0.2, -0.15) is 5.10 Å². The molecule has 4 aromatic rings. The number of ether oxygens (including phenoxy) is 2. The summed E-state index contributed by atoms with van der Waals surface area (Å²) in [4.78, 5) is 26.1. The minimum Gasteiger partial charge on any atom is -0.466 e. The number of anilines is 1. The number of halogens is 3. The van der Waals surface area contributed by atoms with E-state index in [1.54, 1.807) is 36.2 Å². The molecule has 1 saturated heterocycles. The van der Waals surface area contributed by atoms with Gasteiger partial charge in [-0.15, -0.1) is 0 Å². The Morgan fingerprint density at radius 3 is 2.60 bits per heavy atom.